The maximum atomic E-state index is 11.4. The van der Waals surface area contributed by atoms with Gasteiger partial charge in [-0.3, -0.25) is 0 Å². The van der Waals surface area contributed by atoms with E-state index in [4.69, 9.17) is 4.74 Å². The third-order valence-corrected chi connectivity index (χ3v) is 5.49. The largest absolute Gasteiger partial charge is 1.00 e. The second-order valence-electron chi connectivity index (χ2n) is 6.84. The van der Waals surface area contributed by atoms with Crippen molar-refractivity contribution in [3.63, 3.8) is 0 Å². The number of hydrogen-bond acceptors (Lipinski definition) is 4. The molecule has 0 aliphatic heterocycles. The van der Waals surface area contributed by atoms with E-state index in [1.165, 1.54) is 63.1 Å². The quantitative estimate of drug-likeness (QED) is 0.296. The molecule has 2 aromatic carbocycles. The predicted octanol–water partition coefficient (Wildman–Crippen LogP) is 3.07. The first-order chi connectivity index (χ1) is 13.0. The van der Waals surface area contributed by atoms with Crippen molar-refractivity contribution < 1.29 is 69.1 Å². The second kappa shape index (κ2) is 13.9. The van der Waals surface area contributed by atoms with Crippen molar-refractivity contribution in [2.75, 3.05) is 0 Å². The molecule has 2 aromatic rings. The zero-order valence-corrected chi connectivity index (χ0v) is 21.0. The Hall–Kier alpha value is -0.214. The van der Waals surface area contributed by atoms with Crippen LogP contribution in [0.3, 0.4) is 0 Å². The van der Waals surface area contributed by atoms with Gasteiger partial charge in [0, 0.05) is 0 Å². The zero-order valence-electron chi connectivity index (χ0n) is 17.0. The third kappa shape index (κ3) is 9.07. The van der Waals surface area contributed by atoms with Crippen molar-refractivity contribution in [1.29, 1.82) is 0 Å². The molecule has 0 saturated heterocycles. The van der Waals surface area contributed by atoms with Gasteiger partial charge in [-0.1, -0.05) is 82.2 Å². The number of unbranched alkanes of at least 4 members (excludes halogenated alkanes) is 7. The molecule has 0 bridgehead atoms. The summed E-state index contributed by atoms with van der Waals surface area (Å²) in [5, 5.41) is 0. The SMILES string of the molecule is CCCCCCCCCCc1ccccc1Oc1ccccc1S(=O)(=O)[O-].[K+]. The predicted molar refractivity (Wildman–Crippen MR) is 107 cm³/mol. The molecule has 0 aliphatic carbocycles. The Morgan fingerprint density at radius 3 is 1.96 bits per heavy atom. The number of para-hydroxylation sites is 2. The summed E-state index contributed by atoms with van der Waals surface area (Å²) in [5.74, 6) is 0.687. The molecule has 0 heterocycles. The van der Waals surface area contributed by atoms with Crippen LogP contribution in [-0.4, -0.2) is 13.0 Å². The van der Waals surface area contributed by atoms with Crippen molar-refractivity contribution in [3.8, 4) is 11.5 Å². The summed E-state index contributed by atoms with van der Waals surface area (Å²) < 4.78 is 40.1. The van der Waals surface area contributed by atoms with Crippen LogP contribution in [0.15, 0.2) is 53.4 Å². The van der Waals surface area contributed by atoms with Crippen molar-refractivity contribution in [2.24, 2.45) is 0 Å². The minimum atomic E-state index is -4.58. The van der Waals surface area contributed by atoms with Crippen molar-refractivity contribution in [3.05, 3.63) is 54.1 Å². The molecule has 2 rings (SSSR count). The van der Waals surface area contributed by atoms with E-state index >= 15 is 0 Å². The fraction of sp³-hybridized carbons (Fsp3) is 0.455. The molecule has 4 nitrogen and oxygen atoms in total. The van der Waals surface area contributed by atoms with Gasteiger partial charge >= 0.3 is 51.4 Å². The van der Waals surface area contributed by atoms with Crippen LogP contribution in [0.25, 0.3) is 0 Å². The molecule has 0 N–H and O–H groups in total. The third-order valence-electron chi connectivity index (χ3n) is 4.61. The normalized spacial score (nSPS) is 11.1. The average molecular weight is 429 g/mol. The molecule has 148 valence electrons. The maximum Gasteiger partial charge on any atom is 1.00 e. The maximum absolute atomic E-state index is 11.4. The monoisotopic (exact) mass is 428 g/mol. The van der Waals surface area contributed by atoms with Crippen LogP contribution >= 0.6 is 0 Å². The molecular weight excluding hydrogens is 399 g/mol. The van der Waals surface area contributed by atoms with Gasteiger partial charge in [0.15, 0.2) is 0 Å². The summed E-state index contributed by atoms with van der Waals surface area (Å²) in [6.45, 7) is 2.23. The smallest absolute Gasteiger partial charge is 0.744 e. The van der Waals surface area contributed by atoms with Gasteiger partial charge in [0.2, 0.25) is 0 Å². The second-order valence-corrected chi connectivity index (χ2v) is 8.18. The molecule has 0 fully saturated rings. The van der Waals surface area contributed by atoms with Gasteiger partial charge in [0.25, 0.3) is 0 Å². The fourth-order valence-corrected chi connectivity index (χ4v) is 3.72. The van der Waals surface area contributed by atoms with E-state index in [2.05, 4.69) is 6.92 Å². The molecule has 28 heavy (non-hydrogen) atoms. The van der Waals surface area contributed by atoms with Gasteiger partial charge in [-0.25, -0.2) is 8.42 Å². The summed E-state index contributed by atoms with van der Waals surface area (Å²) in [7, 11) is -4.58. The van der Waals surface area contributed by atoms with Crippen LogP contribution in [0.5, 0.6) is 11.5 Å². The molecule has 0 unspecified atom stereocenters. The van der Waals surface area contributed by atoms with Crippen LogP contribution in [0.4, 0.5) is 0 Å². The molecule has 0 aliphatic rings. The van der Waals surface area contributed by atoms with Gasteiger partial charge in [0.05, 0.1) is 4.90 Å². The van der Waals surface area contributed by atoms with E-state index < -0.39 is 10.1 Å². The van der Waals surface area contributed by atoms with Crippen LogP contribution in [0.2, 0.25) is 0 Å². The van der Waals surface area contributed by atoms with Crippen molar-refractivity contribution in [2.45, 2.75) is 69.6 Å². The van der Waals surface area contributed by atoms with Gasteiger partial charge in [0.1, 0.15) is 21.6 Å². The zero-order chi connectivity index (χ0) is 19.5. The van der Waals surface area contributed by atoms with Crippen molar-refractivity contribution in [1.82, 2.24) is 0 Å². The van der Waals surface area contributed by atoms with E-state index in [0.29, 0.717) is 5.75 Å². The molecule has 0 spiro atoms. The van der Waals surface area contributed by atoms with Gasteiger partial charge in [-0.2, -0.15) is 0 Å². The molecular formula is C22H29KO4S. The van der Waals surface area contributed by atoms with Gasteiger partial charge in [-0.05, 0) is 36.6 Å². The van der Waals surface area contributed by atoms with E-state index in [1.807, 2.05) is 24.3 Å². The Labute approximate surface area is 212 Å². The van der Waals surface area contributed by atoms with Crippen LogP contribution < -0.4 is 56.1 Å². The first kappa shape index (κ1) is 25.8. The summed E-state index contributed by atoms with van der Waals surface area (Å²) in [6.07, 6.45) is 10.9. The van der Waals surface area contributed by atoms with Crippen LogP contribution in [0, 0.1) is 0 Å². The Morgan fingerprint density at radius 2 is 1.32 bits per heavy atom. The Morgan fingerprint density at radius 1 is 0.786 bits per heavy atom. The topological polar surface area (TPSA) is 66.4 Å². The Bertz CT molecular complexity index is 806. The first-order valence-corrected chi connectivity index (χ1v) is 11.2. The molecule has 0 amide bonds. The molecule has 0 aromatic heterocycles. The molecule has 6 heteroatoms. The number of hydrogen-bond donors (Lipinski definition) is 0. The number of rotatable bonds is 12. The average Bonchev–Trinajstić information content (AvgIpc) is 2.65. The minimum Gasteiger partial charge on any atom is -0.744 e. The first-order valence-electron chi connectivity index (χ1n) is 9.83. The number of benzene rings is 2. The van der Waals surface area contributed by atoms with Gasteiger partial charge in [-0.15, -0.1) is 0 Å². The van der Waals surface area contributed by atoms with E-state index in [1.54, 1.807) is 6.07 Å². The summed E-state index contributed by atoms with van der Waals surface area (Å²) in [6, 6.07) is 13.6. The molecule has 0 atom stereocenters. The fourth-order valence-electron chi connectivity index (χ4n) is 3.12. The van der Waals surface area contributed by atoms with Crippen LogP contribution in [-0.2, 0) is 16.5 Å². The van der Waals surface area contributed by atoms with Crippen molar-refractivity contribution >= 4 is 10.1 Å². The Balaban J connectivity index is 0.00000392. The van der Waals surface area contributed by atoms with E-state index in [-0.39, 0.29) is 62.0 Å². The van der Waals surface area contributed by atoms with E-state index in [9.17, 15) is 13.0 Å². The van der Waals surface area contributed by atoms with E-state index in [0.717, 1.165) is 18.4 Å². The minimum absolute atomic E-state index is 0. The van der Waals surface area contributed by atoms with Crippen LogP contribution in [0.1, 0.15) is 63.9 Å². The number of aryl methyl sites for hydroxylation is 1. The summed E-state index contributed by atoms with van der Waals surface area (Å²) in [5.41, 5.74) is 1.03. The molecule has 0 saturated carbocycles. The van der Waals surface area contributed by atoms with Gasteiger partial charge < -0.3 is 9.29 Å². The Kier molecular flexibility index (Phi) is 12.8. The summed E-state index contributed by atoms with van der Waals surface area (Å²) in [4.78, 5) is -0.327. The molecule has 0 radical (unpaired) electrons. The standard InChI is InChI=1S/C22H30O4S.K/c1-2-3-4-5-6-7-8-9-14-19-15-10-11-16-20(19)26-21-17-12-13-18-22(21)27(23,24)25;/h10-13,15-18H,2-9,14H2,1H3,(H,23,24,25);/q;+1/p-1. The number of ether oxygens (including phenoxy) is 1. The summed E-state index contributed by atoms with van der Waals surface area (Å²) >= 11 is 0.